The van der Waals surface area contributed by atoms with Crippen molar-refractivity contribution in [3.63, 3.8) is 0 Å². The third kappa shape index (κ3) is 2.94. The van der Waals surface area contributed by atoms with Crippen LogP contribution >= 0.6 is 22.9 Å². The van der Waals surface area contributed by atoms with E-state index >= 15 is 0 Å². The quantitative estimate of drug-likeness (QED) is 0.686. The SMILES string of the molecule is CC(C)CCn1cnc2scc(-c3ccc(Cl)cc3)c2c1=O. The van der Waals surface area contributed by atoms with Crippen molar-refractivity contribution in [1.82, 2.24) is 9.55 Å². The Labute approximate surface area is 138 Å². The lowest BCUT2D eigenvalue weighted by Gasteiger charge is -2.08. The van der Waals surface area contributed by atoms with Gasteiger partial charge in [0.2, 0.25) is 0 Å². The molecule has 0 aliphatic rings. The average molecular weight is 333 g/mol. The van der Waals surface area contributed by atoms with Crippen LogP contribution < -0.4 is 5.56 Å². The van der Waals surface area contributed by atoms with Crippen LogP contribution in [-0.2, 0) is 6.54 Å². The van der Waals surface area contributed by atoms with E-state index in [4.69, 9.17) is 11.6 Å². The molecule has 0 aliphatic carbocycles. The molecule has 114 valence electrons. The third-order valence-corrected chi connectivity index (χ3v) is 4.80. The number of rotatable bonds is 4. The van der Waals surface area contributed by atoms with Crippen molar-refractivity contribution in [3.05, 3.63) is 51.3 Å². The number of benzene rings is 1. The van der Waals surface area contributed by atoms with Crippen molar-refractivity contribution in [1.29, 1.82) is 0 Å². The molecule has 1 aromatic carbocycles. The van der Waals surface area contributed by atoms with Crippen LogP contribution in [0, 0.1) is 5.92 Å². The second-order valence-corrected chi connectivity index (χ2v) is 7.06. The minimum absolute atomic E-state index is 0.0388. The fourth-order valence-electron chi connectivity index (χ4n) is 2.37. The molecule has 2 heterocycles. The Morgan fingerprint density at radius 2 is 2.00 bits per heavy atom. The predicted octanol–water partition coefficient (Wildman–Crippen LogP) is 4.82. The molecule has 0 aliphatic heterocycles. The highest BCUT2D eigenvalue weighted by Crippen LogP contribution is 2.31. The number of halogens is 1. The molecule has 3 nitrogen and oxygen atoms in total. The molecule has 3 rings (SSSR count). The number of fused-ring (bicyclic) bond motifs is 1. The summed E-state index contributed by atoms with van der Waals surface area (Å²) < 4.78 is 1.72. The number of nitrogens with zero attached hydrogens (tertiary/aromatic N) is 2. The lowest BCUT2D eigenvalue weighted by atomic mass is 10.1. The summed E-state index contributed by atoms with van der Waals surface area (Å²) in [5.74, 6) is 0.556. The van der Waals surface area contributed by atoms with Crippen LogP contribution in [0.3, 0.4) is 0 Å². The van der Waals surface area contributed by atoms with Crippen LogP contribution in [0.2, 0.25) is 5.02 Å². The van der Waals surface area contributed by atoms with Gasteiger partial charge < -0.3 is 0 Å². The Morgan fingerprint density at radius 1 is 1.27 bits per heavy atom. The topological polar surface area (TPSA) is 34.9 Å². The van der Waals surface area contributed by atoms with Crippen LogP contribution in [0.4, 0.5) is 0 Å². The van der Waals surface area contributed by atoms with Crippen molar-refractivity contribution in [2.24, 2.45) is 5.92 Å². The molecule has 2 aromatic heterocycles. The first-order valence-corrected chi connectivity index (χ1v) is 8.54. The zero-order chi connectivity index (χ0) is 15.7. The van der Waals surface area contributed by atoms with E-state index in [9.17, 15) is 4.79 Å². The molecule has 0 atom stereocenters. The van der Waals surface area contributed by atoms with Gasteiger partial charge in [0.15, 0.2) is 0 Å². The van der Waals surface area contributed by atoms with Gasteiger partial charge in [-0.05, 0) is 30.0 Å². The summed E-state index contributed by atoms with van der Waals surface area (Å²) in [7, 11) is 0. The summed E-state index contributed by atoms with van der Waals surface area (Å²) in [6.07, 6.45) is 2.63. The molecule has 0 spiro atoms. The fourth-order valence-corrected chi connectivity index (χ4v) is 3.40. The van der Waals surface area contributed by atoms with Crippen molar-refractivity contribution in [2.45, 2.75) is 26.8 Å². The highest BCUT2D eigenvalue weighted by molar-refractivity contribution is 7.17. The van der Waals surface area contributed by atoms with Gasteiger partial charge in [-0.3, -0.25) is 9.36 Å². The van der Waals surface area contributed by atoms with E-state index in [1.54, 1.807) is 10.9 Å². The molecule has 22 heavy (non-hydrogen) atoms. The Bertz CT molecular complexity index is 849. The zero-order valence-corrected chi connectivity index (χ0v) is 14.1. The third-order valence-electron chi connectivity index (χ3n) is 3.66. The largest absolute Gasteiger partial charge is 0.299 e. The van der Waals surface area contributed by atoms with E-state index in [1.165, 1.54) is 11.3 Å². The number of aromatic nitrogens is 2. The van der Waals surface area contributed by atoms with E-state index in [2.05, 4.69) is 18.8 Å². The van der Waals surface area contributed by atoms with Crippen LogP contribution in [0.15, 0.2) is 40.8 Å². The number of hydrogen-bond acceptors (Lipinski definition) is 3. The first kappa shape index (κ1) is 15.3. The van der Waals surface area contributed by atoms with Gasteiger partial charge in [-0.2, -0.15) is 0 Å². The van der Waals surface area contributed by atoms with E-state index in [1.807, 2.05) is 29.6 Å². The average Bonchev–Trinajstić information content (AvgIpc) is 2.92. The van der Waals surface area contributed by atoms with E-state index in [0.29, 0.717) is 22.9 Å². The van der Waals surface area contributed by atoms with Gasteiger partial charge in [-0.25, -0.2) is 4.98 Å². The molecule has 3 aromatic rings. The minimum atomic E-state index is 0.0388. The summed E-state index contributed by atoms with van der Waals surface area (Å²) in [6, 6.07) is 7.56. The van der Waals surface area contributed by atoms with Gasteiger partial charge in [-0.1, -0.05) is 37.6 Å². The van der Waals surface area contributed by atoms with Gasteiger partial charge >= 0.3 is 0 Å². The molecular weight excluding hydrogens is 316 g/mol. The molecule has 0 bridgehead atoms. The van der Waals surface area contributed by atoms with Crippen molar-refractivity contribution < 1.29 is 0 Å². The van der Waals surface area contributed by atoms with Crippen LogP contribution in [0.25, 0.3) is 21.3 Å². The molecule has 0 saturated carbocycles. The minimum Gasteiger partial charge on any atom is -0.299 e. The first-order chi connectivity index (χ1) is 10.6. The lowest BCUT2D eigenvalue weighted by molar-refractivity contribution is 0.506. The van der Waals surface area contributed by atoms with E-state index in [0.717, 1.165) is 22.4 Å². The molecule has 0 N–H and O–H groups in total. The van der Waals surface area contributed by atoms with Crippen LogP contribution in [0.1, 0.15) is 20.3 Å². The maximum atomic E-state index is 12.8. The second-order valence-electron chi connectivity index (χ2n) is 5.76. The molecule has 0 fully saturated rings. The van der Waals surface area contributed by atoms with Gasteiger partial charge in [-0.15, -0.1) is 11.3 Å². The number of aryl methyl sites for hydroxylation is 1. The molecule has 0 amide bonds. The molecule has 0 saturated heterocycles. The maximum absolute atomic E-state index is 12.8. The summed E-state index contributed by atoms with van der Waals surface area (Å²) in [6.45, 7) is 5.01. The Kier molecular flexibility index (Phi) is 4.32. The molecule has 0 unspecified atom stereocenters. The molecule has 0 radical (unpaired) electrons. The van der Waals surface area contributed by atoms with Gasteiger partial charge in [0, 0.05) is 22.5 Å². The fraction of sp³-hybridized carbons (Fsp3) is 0.294. The van der Waals surface area contributed by atoms with Crippen molar-refractivity contribution in [2.75, 3.05) is 0 Å². The first-order valence-electron chi connectivity index (χ1n) is 7.29. The second kappa shape index (κ2) is 6.23. The molecular formula is C17H17ClN2OS. The Morgan fingerprint density at radius 3 is 2.68 bits per heavy atom. The summed E-state index contributed by atoms with van der Waals surface area (Å²) >= 11 is 7.45. The van der Waals surface area contributed by atoms with Gasteiger partial charge in [0.1, 0.15) is 4.83 Å². The lowest BCUT2D eigenvalue weighted by Crippen LogP contribution is -2.21. The molecule has 5 heteroatoms. The van der Waals surface area contributed by atoms with E-state index < -0.39 is 0 Å². The normalized spacial score (nSPS) is 11.5. The summed E-state index contributed by atoms with van der Waals surface area (Å²) in [5, 5.41) is 3.39. The smallest absolute Gasteiger partial charge is 0.262 e. The zero-order valence-electron chi connectivity index (χ0n) is 12.5. The van der Waals surface area contributed by atoms with E-state index in [-0.39, 0.29) is 5.56 Å². The van der Waals surface area contributed by atoms with Crippen LogP contribution in [-0.4, -0.2) is 9.55 Å². The standard InChI is InChI=1S/C17H17ClN2OS/c1-11(2)7-8-20-10-19-16-15(17(20)21)14(9-22-16)12-3-5-13(18)6-4-12/h3-6,9-11H,7-8H2,1-2H3. The number of hydrogen-bond donors (Lipinski definition) is 0. The summed E-state index contributed by atoms with van der Waals surface area (Å²) in [5.41, 5.74) is 1.97. The van der Waals surface area contributed by atoms with Gasteiger partial charge in [0.05, 0.1) is 11.7 Å². The Balaban J connectivity index is 2.10. The predicted molar refractivity (Wildman–Crippen MR) is 93.8 cm³/mol. The summed E-state index contributed by atoms with van der Waals surface area (Å²) in [4.78, 5) is 18.0. The highest BCUT2D eigenvalue weighted by Gasteiger charge is 2.13. The van der Waals surface area contributed by atoms with Crippen LogP contribution in [0.5, 0.6) is 0 Å². The van der Waals surface area contributed by atoms with Crippen molar-refractivity contribution >= 4 is 33.2 Å². The Hall–Kier alpha value is -1.65. The van der Waals surface area contributed by atoms with Gasteiger partial charge in [0.25, 0.3) is 5.56 Å². The number of thiophene rings is 1. The van der Waals surface area contributed by atoms with Crippen molar-refractivity contribution in [3.8, 4) is 11.1 Å². The maximum Gasteiger partial charge on any atom is 0.262 e. The highest BCUT2D eigenvalue weighted by atomic mass is 35.5. The monoisotopic (exact) mass is 332 g/mol.